The van der Waals surface area contributed by atoms with Crippen molar-refractivity contribution in [1.82, 2.24) is 10.3 Å². The van der Waals surface area contributed by atoms with Gasteiger partial charge in [0.25, 0.3) is 0 Å². The van der Waals surface area contributed by atoms with E-state index in [2.05, 4.69) is 27.3 Å². The predicted octanol–water partition coefficient (Wildman–Crippen LogP) is 1.56. The Kier molecular flexibility index (Phi) is 3.76. The molecule has 3 N–H and O–H groups in total. The molecule has 20 heavy (non-hydrogen) atoms. The maximum absolute atomic E-state index is 5.90. The van der Waals surface area contributed by atoms with Crippen molar-refractivity contribution < 1.29 is 0 Å². The second kappa shape index (κ2) is 5.69. The summed E-state index contributed by atoms with van der Waals surface area (Å²) in [5, 5.41) is 3.22. The molecule has 1 saturated heterocycles. The molecule has 3 rings (SSSR count). The molecule has 5 heteroatoms. The van der Waals surface area contributed by atoms with Crippen LogP contribution in [0.25, 0.3) is 0 Å². The largest absolute Gasteiger partial charge is 0.370 e. The van der Waals surface area contributed by atoms with Crippen molar-refractivity contribution in [2.45, 2.75) is 45.2 Å². The first-order valence-corrected chi connectivity index (χ1v) is 7.50. The summed E-state index contributed by atoms with van der Waals surface area (Å²) in [6.45, 7) is 4.84. The molecule has 2 heterocycles. The number of pyridine rings is 1. The van der Waals surface area contributed by atoms with E-state index in [0.717, 1.165) is 30.2 Å². The second-order valence-electron chi connectivity index (χ2n) is 5.75. The van der Waals surface area contributed by atoms with Crippen LogP contribution in [0.4, 0.5) is 5.82 Å². The summed E-state index contributed by atoms with van der Waals surface area (Å²) in [7, 11) is 0. The predicted molar refractivity (Wildman–Crippen MR) is 81.9 cm³/mol. The molecule has 1 aliphatic heterocycles. The summed E-state index contributed by atoms with van der Waals surface area (Å²) in [6, 6.07) is 4.73. The summed E-state index contributed by atoms with van der Waals surface area (Å²) >= 11 is 0. The fraction of sp³-hybridized carbons (Fsp3) is 0.600. The van der Waals surface area contributed by atoms with E-state index in [9.17, 15) is 0 Å². The van der Waals surface area contributed by atoms with E-state index >= 15 is 0 Å². The Morgan fingerprint density at radius 3 is 2.85 bits per heavy atom. The lowest BCUT2D eigenvalue weighted by atomic mass is 10.2. The van der Waals surface area contributed by atoms with Crippen molar-refractivity contribution >= 4 is 11.8 Å². The Labute approximate surface area is 120 Å². The van der Waals surface area contributed by atoms with Gasteiger partial charge in [-0.3, -0.25) is 0 Å². The number of anilines is 1. The number of hydrogen-bond acceptors (Lipinski definition) is 3. The maximum Gasteiger partial charge on any atom is 0.189 e. The molecule has 1 aliphatic carbocycles. The van der Waals surface area contributed by atoms with Crippen LogP contribution in [0.1, 0.15) is 36.9 Å². The van der Waals surface area contributed by atoms with Gasteiger partial charge in [0, 0.05) is 30.4 Å². The lowest BCUT2D eigenvalue weighted by Crippen LogP contribution is -2.33. The van der Waals surface area contributed by atoms with Gasteiger partial charge < -0.3 is 16.0 Å². The van der Waals surface area contributed by atoms with E-state index < -0.39 is 0 Å². The number of nitrogens with zero attached hydrogens (tertiary/aromatic N) is 3. The molecule has 2 fully saturated rings. The number of hydrogen-bond donors (Lipinski definition) is 2. The third-order valence-corrected chi connectivity index (χ3v) is 3.85. The summed E-state index contributed by atoms with van der Waals surface area (Å²) in [5.41, 5.74) is 8.12. The van der Waals surface area contributed by atoms with Crippen molar-refractivity contribution in [3.05, 3.63) is 23.4 Å². The third kappa shape index (κ3) is 3.21. The Morgan fingerprint density at radius 2 is 2.15 bits per heavy atom. The zero-order valence-electron chi connectivity index (χ0n) is 12.1. The van der Waals surface area contributed by atoms with Crippen LogP contribution in [0.2, 0.25) is 0 Å². The summed E-state index contributed by atoms with van der Waals surface area (Å²) in [6.07, 6.45) is 4.93. The highest BCUT2D eigenvalue weighted by atomic mass is 15.2. The Hall–Kier alpha value is -1.78. The third-order valence-electron chi connectivity index (χ3n) is 3.85. The van der Waals surface area contributed by atoms with Crippen LogP contribution < -0.4 is 16.0 Å². The summed E-state index contributed by atoms with van der Waals surface area (Å²) in [4.78, 5) is 11.5. The number of aliphatic imine (C=N–C) groups is 1. The van der Waals surface area contributed by atoms with Gasteiger partial charge in [-0.05, 0) is 38.7 Å². The standard InChI is InChI=1S/C15H23N5/c1-11-4-5-12(10-17-15(16)19-13-6-7-13)14(18-11)20-8-2-3-9-20/h4-5,13H,2-3,6-10H2,1H3,(H3,16,17,19). The van der Waals surface area contributed by atoms with Crippen LogP contribution in [0.5, 0.6) is 0 Å². The number of guanidine groups is 1. The SMILES string of the molecule is Cc1ccc(CN=C(N)NC2CC2)c(N2CCCC2)n1. The Bertz CT molecular complexity index is 501. The van der Waals surface area contributed by atoms with Crippen molar-refractivity contribution in [2.75, 3.05) is 18.0 Å². The zero-order valence-corrected chi connectivity index (χ0v) is 12.1. The van der Waals surface area contributed by atoms with E-state index in [1.165, 1.54) is 25.7 Å². The molecule has 108 valence electrons. The molecule has 0 aromatic carbocycles. The van der Waals surface area contributed by atoms with Crippen LogP contribution in [0.3, 0.4) is 0 Å². The van der Waals surface area contributed by atoms with E-state index in [0.29, 0.717) is 18.5 Å². The minimum absolute atomic E-state index is 0.549. The van der Waals surface area contributed by atoms with Gasteiger partial charge in [0.1, 0.15) is 5.82 Å². The van der Waals surface area contributed by atoms with Gasteiger partial charge in [0.2, 0.25) is 0 Å². The number of nitrogens with two attached hydrogens (primary N) is 1. The van der Waals surface area contributed by atoms with Gasteiger partial charge in [0.05, 0.1) is 6.54 Å². The zero-order chi connectivity index (χ0) is 13.9. The average Bonchev–Trinajstić information content (AvgIpc) is 3.07. The van der Waals surface area contributed by atoms with E-state index in [1.807, 2.05) is 6.92 Å². The van der Waals surface area contributed by atoms with Gasteiger partial charge in [-0.15, -0.1) is 0 Å². The molecule has 0 amide bonds. The molecule has 1 aromatic heterocycles. The van der Waals surface area contributed by atoms with Crippen molar-refractivity contribution in [1.29, 1.82) is 0 Å². The van der Waals surface area contributed by atoms with Gasteiger partial charge >= 0.3 is 0 Å². The van der Waals surface area contributed by atoms with Crippen molar-refractivity contribution in [3.63, 3.8) is 0 Å². The number of aryl methyl sites for hydroxylation is 1. The first-order valence-electron chi connectivity index (χ1n) is 7.50. The molecule has 2 aliphatic rings. The van der Waals surface area contributed by atoms with E-state index in [-0.39, 0.29) is 0 Å². The minimum Gasteiger partial charge on any atom is -0.370 e. The molecular weight excluding hydrogens is 250 g/mol. The van der Waals surface area contributed by atoms with Gasteiger partial charge in [-0.25, -0.2) is 9.98 Å². The normalized spacial score (nSPS) is 19.4. The highest BCUT2D eigenvalue weighted by Crippen LogP contribution is 2.23. The topological polar surface area (TPSA) is 66.5 Å². The van der Waals surface area contributed by atoms with Crippen molar-refractivity contribution in [2.24, 2.45) is 10.7 Å². The van der Waals surface area contributed by atoms with Crippen LogP contribution in [-0.2, 0) is 6.54 Å². The molecule has 1 saturated carbocycles. The lowest BCUT2D eigenvalue weighted by molar-refractivity contribution is 0.867. The van der Waals surface area contributed by atoms with Crippen LogP contribution in [0.15, 0.2) is 17.1 Å². The van der Waals surface area contributed by atoms with Crippen LogP contribution >= 0.6 is 0 Å². The quantitative estimate of drug-likeness (QED) is 0.645. The van der Waals surface area contributed by atoms with E-state index in [1.54, 1.807) is 0 Å². The van der Waals surface area contributed by atoms with Crippen molar-refractivity contribution in [3.8, 4) is 0 Å². The summed E-state index contributed by atoms with van der Waals surface area (Å²) < 4.78 is 0. The molecule has 0 unspecified atom stereocenters. The van der Waals surface area contributed by atoms with Crippen LogP contribution in [-0.4, -0.2) is 30.1 Å². The fourth-order valence-corrected chi connectivity index (χ4v) is 2.55. The first-order chi connectivity index (χ1) is 9.72. The van der Waals surface area contributed by atoms with Crippen LogP contribution in [0, 0.1) is 6.92 Å². The molecule has 0 spiro atoms. The molecule has 0 bridgehead atoms. The Morgan fingerprint density at radius 1 is 1.40 bits per heavy atom. The average molecular weight is 273 g/mol. The highest BCUT2D eigenvalue weighted by Gasteiger charge is 2.21. The summed E-state index contributed by atoms with van der Waals surface area (Å²) in [5.74, 6) is 1.64. The highest BCUT2D eigenvalue weighted by molar-refractivity contribution is 5.78. The van der Waals surface area contributed by atoms with Gasteiger partial charge in [-0.2, -0.15) is 0 Å². The number of aromatic nitrogens is 1. The molecule has 5 nitrogen and oxygen atoms in total. The maximum atomic E-state index is 5.90. The Balaban J connectivity index is 1.73. The first kappa shape index (κ1) is 13.2. The fourth-order valence-electron chi connectivity index (χ4n) is 2.55. The number of rotatable bonds is 4. The minimum atomic E-state index is 0.549. The van der Waals surface area contributed by atoms with Gasteiger partial charge in [0.15, 0.2) is 5.96 Å². The second-order valence-corrected chi connectivity index (χ2v) is 5.75. The van der Waals surface area contributed by atoms with Gasteiger partial charge in [-0.1, -0.05) is 6.07 Å². The van der Waals surface area contributed by atoms with E-state index in [4.69, 9.17) is 10.7 Å². The number of nitrogens with one attached hydrogen (secondary N) is 1. The molecule has 0 atom stereocenters. The molecule has 1 aromatic rings. The lowest BCUT2D eigenvalue weighted by Gasteiger charge is -2.20. The smallest absolute Gasteiger partial charge is 0.189 e. The molecular formula is C15H23N5. The molecule has 0 radical (unpaired) electrons. The monoisotopic (exact) mass is 273 g/mol.